The van der Waals surface area contributed by atoms with Crippen LogP contribution in [-0.2, 0) is 6.42 Å². The first-order chi connectivity index (χ1) is 4.97. The molecule has 1 aromatic rings. The van der Waals surface area contributed by atoms with Crippen LogP contribution in [0.3, 0.4) is 0 Å². The van der Waals surface area contributed by atoms with E-state index in [2.05, 4.69) is 36.0 Å². The van der Waals surface area contributed by atoms with Crippen LogP contribution in [-0.4, -0.2) is 15.2 Å². The molecule has 0 aliphatic carbocycles. The van der Waals surface area contributed by atoms with Crippen LogP contribution >= 0.6 is 0 Å². The second kappa shape index (κ2) is 2.53. The highest BCUT2D eigenvalue weighted by atomic mass is 15.3. The molecule has 1 rings (SSSR count). The van der Waals surface area contributed by atoms with Gasteiger partial charge in [-0.2, -0.15) is 4.98 Å². The summed E-state index contributed by atoms with van der Waals surface area (Å²) in [6.07, 6.45) is 0.872. The maximum absolute atomic E-state index is 5.34. The van der Waals surface area contributed by atoms with Crippen molar-refractivity contribution in [1.82, 2.24) is 15.2 Å². The molecule has 0 atom stereocenters. The number of aromatic nitrogens is 3. The number of nitrogens with two attached hydrogens (primary N) is 1. The maximum Gasteiger partial charge on any atom is 0.239 e. The Balaban J connectivity index is 2.65. The maximum atomic E-state index is 5.34. The molecule has 11 heavy (non-hydrogen) atoms. The average molecular weight is 154 g/mol. The normalized spacial score (nSPS) is 11.9. The van der Waals surface area contributed by atoms with E-state index in [1.165, 1.54) is 0 Å². The number of aromatic amines is 1. The Morgan fingerprint density at radius 3 is 2.45 bits per heavy atom. The summed E-state index contributed by atoms with van der Waals surface area (Å²) in [5, 5.41) is 6.52. The number of nitrogen functional groups attached to an aromatic ring is 1. The number of hydrogen-bond donors (Lipinski definition) is 2. The third-order valence-corrected chi connectivity index (χ3v) is 1.25. The van der Waals surface area contributed by atoms with Crippen LogP contribution in [0.25, 0.3) is 0 Å². The molecule has 0 amide bonds. The molecule has 4 nitrogen and oxygen atoms in total. The minimum absolute atomic E-state index is 0.228. The minimum atomic E-state index is 0.228. The van der Waals surface area contributed by atoms with Gasteiger partial charge in [-0.1, -0.05) is 20.8 Å². The average Bonchev–Trinajstić information content (AvgIpc) is 2.10. The number of nitrogens with zero attached hydrogens (tertiary/aromatic N) is 2. The first kappa shape index (κ1) is 8.04. The minimum Gasteiger partial charge on any atom is -0.367 e. The fraction of sp³-hybridized carbons (Fsp3) is 0.714. The Bertz CT molecular complexity index is 233. The van der Waals surface area contributed by atoms with Crippen molar-refractivity contribution in [3.63, 3.8) is 0 Å². The molecule has 0 radical (unpaired) electrons. The zero-order valence-electron chi connectivity index (χ0n) is 7.18. The lowest BCUT2D eigenvalue weighted by Gasteiger charge is -2.14. The number of hydrogen-bond acceptors (Lipinski definition) is 3. The van der Waals surface area contributed by atoms with E-state index in [0.29, 0.717) is 5.95 Å². The third kappa shape index (κ3) is 2.57. The van der Waals surface area contributed by atoms with Crippen LogP contribution in [0.5, 0.6) is 0 Å². The molecule has 62 valence electrons. The van der Waals surface area contributed by atoms with Crippen LogP contribution in [0.1, 0.15) is 26.6 Å². The molecular formula is C7H14N4. The molecule has 0 spiro atoms. The van der Waals surface area contributed by atoms with Crippen molar-refractivity contribution in [2.45, 2.75) is 27.2 Å². The largest absolute Gasteiger partial charge is 0.367 e. The van der Waals surface area contributed by atoms with Gasteiger partial charge in [0.2, 0.25) is 5.95 Å². The van der Waals surface area contributed by atoms with Gasteiger partial charge in [0.25, 0.3) is 0 Å². The van der Waals surface area contributed by atoms with Gasteiger partial charge in [-0.25, -0.2) is 0 Å². The van der Waals surface area contributed by atoms with Gasteiger partial charge >= 0.3 is 0 Å². The predicted molar refractivity (Wildman–Crippen MR) is 44.0 cm³/mol. The number of anilines is 1. The van der Waals surface area contributed by atoms with Gasteiger partial charge in [0.15, 0.2) is 0 Å². The van der Waals surface area contributed by atoms with Gasteiger partial charge in [0, 0.05) is 6.42 Å². The zero-order valence-corrected chi connectivity index (χ0v) is 7.18. The molecule has 4 heteroatoms. The van der Waals surface area contributed by atoms with E-state index in [4.69, 9.17) is 5.73 Å². The highest BCUT2D eigenvalue weighted by Crippen LogP contribution is 2.17. The van der Waals surface area contributed by atoms with Crippen LogP contribution in [0.4, 0.5) is 5.95 Å². The predicted octanol–water partition coefficient (Wildman–Crippen LogP) is 0.975. The Hall–Kier alpha value is -1.06. The van der Waals surface area contributed by atoms with Gasteiger partial charge in [-0.05, 0) is 5.41 Å². The first-order valence-electron chi connectivity index (χ1n) is 3.64. The number of H-pyrrole nitrogens is 1. The van der Waals surface area contributed by atoms with Crippen molar-refractivity contribution >= 4 is 5.95 Å². The third-order valence-electron chi connectivity index (χ3n) is 1.25. The summed E-state index contributed by atoms with van der Waals surface area (Å²) in [6.45, 7) is 6.43. The Kier molecular flexibility index (Phi) is 1.85. The molecular weight excluding hydrogens is 140 g/mol. The molecule has 0 saturated heterocycles. The van der Waals surface area contributed by atoms with Crippen molar-refractivity contribution < 1.29 is 0 Å². The smallest absolute Gasteiger partial charge is 0.239 e. The molecule has 0 unspecified atom stereocenters. The van der Waals surface area contributed by atoms with Gasteiger partial charge in [-0.3, -0.25) is 5.10 Å². The van der Waals surface area contributed by atoms with Gasteiger partial charge in [-0.15, -0.1) is 5.10 Å². The molecule has 1 aromatic heterocycles. The van der Waals surface area contributed by atoms with E-state index in [0.717, 1.165) is 12.2 Å². The van der Waals surface area contributed by atoms with E-state index in [-0.39, 0.29) is 5.41 Å². The Morgan fingerprint density at radius 2 is 2.09 bits per heavy atom. The van der Waals surface area contributed by atoms with Gasteiger partial charge in [0.05, 0.1) is 0 Å². The van der Waals surface area contributed by atoms with Crippen molar-refractivity contribution in [3.05, 3.63) is 5.82 Å². The molecule has 0 aliphatic rings. The highest BCUT2D eigenvalue weighted by Gasteiger charge is 2.13. The SMILES string of the molecule is CC(C)(C)Cc1nc(N)n[nH]1. The van der Waals surface area contributed by atoms with Crippen LogP contribution in [0, 0.1) is 5.41 Å². The van der Waals surface area contributed by atoms with E-state index in [9.17, 15) is 0 Å². The fourth-order valence-corrected chi connectivity index (χ4v) is 0.891. The van der Waals surface area contributed by atoms with Crippen LogP contribution < -0.4 is 5.73 Å². The lowest BCUT2D eigenvalue weighted by molar-refractivity contribution is 0.401. The fourth-order valence-electron chi connectivity index (χ4n) is 0.891. The first-order valence-corrected chi connectivity index (χ1v) is 3.64. The molecule has 0 aliphatic heterocycles. The lowest BCUT2D eigenvalue weighted by Crippen LogP contribution is -2.10. The van der Waals surface area contributed by atoms with E-state index in [1.807, 2.05) is 0 Å². The second-order valence-electron chi connectivity index (χ2n) is 3.88. The summed E-state index contributed by atoms with van der Waals surface area (Å²) >= 11 is 0. The topological polar surface area (TPSA) is 67.6 Å². The summed E-state index contributed by atoms with van der Waals surface area (Å²) in [5.74, 6) is 1.18. The standard InChI is InChI=1S/C7H14N4/c1-7(2,3)4-5-9-6(8)11-10-5/h4H2,1-3H3,(H3,8,9,10,11). The quantitative estimate of drug-likeness (QED) is 0.633. The van der Waals surface area contributed by atoms with Crippen LogP contribution in [0.2, 0.25) is 0 Å². The number of rotatable bonds is 1. The van der Waals surface area contributed by atoms with Gasteiger partial charge in [0.1, 0.15) is 5.82 Å². The van der Waals surface area contributed by atoms with E-state index < -0.39 is 0 Å². The molecule has 1 heterocycles. The van der Waals surface area contributed by atoms with Crippen LogP contribution in [0.15, 0.2) is 0 Å². The van der Waals surface area contributed by atoms with Crippen molar-refractivity contribution in [2.24, 2.45) is 5.41 Å². The van der Waals surface area contributed by atoms with Crippen molar-refractivity contribution in [1.29, 1.82) is 0 Å². The lowest BCUT2D eigenvalue weighted by atomic mass is 9.92. The van der Waals surface area contributed by atoms with Crippen molar-refractivity contribution in [3.8, 4) is 0 Å². The van der Waals surface area contributed by atoms with E-state index in [1.54, 1.807) is 0 Å². The Labute approximate surface area is 66.2 Å². The summed E-state index contributed by atoms with van der Waals surface area (Å²) in [4.78, 5) is 4.01. The molecule has 0 aromatic carbocycles. The molecule has 0 saturated carbocycles. The Morgan fingerprint density at radius 1 is 1.45 bits per heavy atom. The monoisotopic (exact) mass is 154 g/mol. The summed E-state index contributed by atoms with van der Waals surface area (Å²) in [5.41, 5.74) is 5.57. The van der Waals surface area contributed by atoms with E-state index >= 15 is 0 Å². The zero-order chi connectivity index (χ0) is 8.48. The molecule has 0 fully saturated rings. The van der Waals surface area contributed by atoms with Gasteiger partial charge < -0.3 is 5.73 Å². The van der Waals surface area contributed by atoms with Crippen molar-refractivity contribution in [2.75, 3.05) is 5.73 Å². The number of nitrogens with one attached hydrogen (secondary N) is 1. The molecule has 3 N–H and O–H groups in total. The summed E-state index contributed by atoms with van der Waals surface area (Å²) in [6, 6.07) is 0. The molecule has 0 bridgehead atoms. The second-order valence-corrected chi connectivity index (χ2v) is 3.88. The summed E-state index contributed by atoms with van der Waals surface area (Å²) in [7, 11) is 0. The highest BCUT2D eigenvalue weighted by molar-refractivity contribution is 5.12. The summed E-state index contributed by atoms with van der Waals surface area (Å²) < 4.78 is 0.